The minimum atomic E-state index is -0.925. The van der Waals surface area contributed by atoms with E-state index < -0.39 is 5.97 Å². The van der Waals surface area contributed by atoms with Gasteiger partial charge < -0.3 is 5.11 Å². The lowest BCUT2D eigenvalue weighted by molar-refractivity contribution is -0.131. The maximum Gasteiger partial charge on any atom is 0.328 e. The third kappa shape index (κ3) is 2.83. The van der Waals surface area contributed by atoms with Crippen LogP contribution in [-0.2, 0) is 4.79 Å². The highest BCUT2D eigenvalue weighted by Gasteiger charge is 2.00. The molecule has 0 aliphatic heterocycles. The van der Waals surface area contributed by atoms with E-state index in [1.54, 1.807) is 19.3 Å². The molecule has 0 amide bonds. The van der Waals surface area contributed by atoms with Crippen LogP contribution < -0.4 is 0 Å². The Morgan fingerprint density at radius 3 is 2.17 bits per heavy atom. The Morgan fingerprint density at radius 1 is 1.06 bits per heavy atom. The van der Waals surface area contributed by atoms with Crippen molar-refractivity contribution in [3.05, 3.63) is 60.4 Å². The third-order valence-electron chi connectivity index (χ3n) is 2.69. The third-order valence-corrected chi connectivity index (χ3v) is 2.69. The number of carboxylic acid groups (broad SMARTS) is 1. The standard InChI is InChI=1S/C15H13NO2/c1-11(10-15(17)18)12-2-4-13(5-3-12)14-6-8-16-9-7-14/h2-10H,1H3,(H,17,18)/b11-10+. The summed E-state index contributed by atoms with van der Waals surface area (Å²) in [5.41, 5.74) is 3.83. The molecule has 0 saturated heterocycles. The highest BCUT2D eigenvalue weighted by molar-refractivity contribution is 5.89. The van der Waals surface area contributed by atoms with Crippen LogP contribution in [0.4, 0.5) is 0 Å². The van der Waals surface area contributed by atoms with Crippen LogP contribution in [0.2, 0.25) is 0 Å². The smallest absolute Gasteiger partial charge is 0.328 e. The van der Waals surface area contributed by atoms with Crippen LogP contribution in [0.3, 0.4) is 0 Å². The fourth-order valence-electron chi connectivity index (χ4n) is 1.74. The molecule has 1 N–H and O–H groups in total. The van der Waals surface area contributed by atoms with Gasteiger partial charge in [0.2, 0.25) is 0 Å². The summed E-state index contributed by atoms with van der Waals surface area (Å²) >= 11 is 0. The molecule has 0 spiro atoms. The van der Waals surface area contributed by atoms with Crippen LogP contribution in [0.25, 0.3) is 16.7 Å². The predicted molar refractivity (Wildman–Crippen MR) is 71.0 cm³/mol. The zero-order valence-corrected chi connectivity index (χ0v) is 10.00. The Morgan fingerprint density at radius 2 is 1.61 bits per heavy atom. The van der Waals surface area contributed by atoms with Crippen molar-refractivity contribution in [2.45, 2.75) is 6.92 Å². The Bertz CT molecular complexity index is 571. The highest BCUT2D eigenvalue weighted by Crippen LogP contribution is 2.21. The quantitative estimate of drug-likeness (QED) is 0.836. The van der Waals surface area contributed by atoms with Gasteiger partial charge in [-0.25, -0.2) is 4.79 Å². The Balaban J connectivity index is 2.29. The van der Waals surface area contributed by atoms with Crippen LogP contribution in [0.5, 0.6) is 0 Å². The molecule has 0 aliphatic rings. The normalized spacial score (nSPS) is 11.3. The van der Waals surface area contributed by atoms with Crippen molar-refractivity contribution >= 4 is 11.5 Å². The van der Waals surface area contributed by atoms with E-state index in [-0.39, 0.29) is 0 Å². The van der Waals surface area contributed by atoms with Crippen LogP contribution in [-0.4, -0.2) is 16.1 Å². The number of carbonyl (C=O) groups is 1. The van der Waals surface area contributed by atoms with Crippen molar-refractivity contribution in [3.8, 4) is 11.1 Å². The summed E-state index contributed by atoms with van der Waals surface area (Å²) in [6.07, 6.45) is 4.71. The number of pyridine rings is 1. The summed E-state index contributed by atoms with van der Waals surface area (Å²) in [5.74, 6) is -0.925. The number of carboxylic acids is 1. The maximum absolute atomic E-state index is 10.6. The molecule has 0 unspecified atom stereocenters. The zero-order chi connectivity index (χ0) is 13.0. The van der Waals surface area contributed by atoms with Crippen molar-refractivity contribution in [2.24, 2.45) is 0 Å². The first-order valence-electron chi connectivity index (χ1n) is 5.59. The summed E-state index contributed by atoms with van der Waals surface area (Å²) in [6, 6.07) is 11.7. The van der Waals surface area contributed by atoms with Crippen molar-refractivity contribution in [1.29, 1.82) is 0 Å². The molecule has 0 radical (unpaired) electrons. The maximum atomic E-state index is 10.6. The predicted octanol–water partition coefficient (Wildman–Crippen LogP) is 3.24. The first-order valence-corrected chi connectivity index (χ1v) is 5.59. The molecule has 1 aromatic carbocycles. The minimum absolute atomic E-state index is 0.740. The largest absolute Gasteiger partial charge is 0.478 e. The van der Waals surface area contributed by atoms with Gasteiger partial charge in [0.15, 0.2) is 0 Å². The van der Waals surface area contributed by atoms with Gasteiger partial charge in [-0.05, 0) is 41.3 Å². The summed E-state index contributed by atoms with van der Waals surface area (Å²) in [7, 11) is 0. The fourth-order valence-corrected chi connectivity index (χ4v) is 1.74. The molecule has 3 heteroatoms. The van der Waals surface area contributed by atoms with Gasteiger partial charge >= 0.3 is 5.97 Å². The van der Waals surface area contributed by atoms with Crippen LogP contribution in [0.1, 0.15) is 12.5 Å². The molecule has 90 valence electrons. The Labute approximate surface area is 105 Å². The van der Waals surface area contributed by atoms with Crippen molar-refractivity contribution in [1.82, 2.24) is 4.98 Å². The number of aliphatic carboxylic acids is 1. The fraction of sp³-hybridized carbons (Fsp3) is 0.0667. The summed E-state index contributed by atoms with van der Waals surface area (Å²) in [6.45, 7) is 1.79. The SMILES string of the molecule is C/C(=C\C(=O)O)c1ccc(-c2ccncc2)cc1. The second-order valence-electron chi connectivity index (χ2n) is 3.98. The lowest BCUT2D eigenvalue weighted by atomic mass is 10.0. The van der Waals surface area contributed by atoms with Gasteiger partial charge in [0.1, 0.15) is 0 Å². The highest BCUT2D eigenvalue weighted by atomic mass is 16.4. The molecule has 2 rings (SSSR count). The van der Waals surface area contributed by atoms with Crippen LogP contribution in [0.15, 0.2) is 54.9 Å². The lowest BCUT2D eigenvalue weighted by Crippen LogP contribution is -1.90. The minimum Gasteiger partial charge on any atom is -0.478 e. The average Bonchev–Trinajstić information content (AvgIpc) is 2.39. The van der Waals surface area contributed by atoms with Gasteiger partial charge in [-0.15, -0.1) is 0 Å². The number of aromatic nitrogens is 1. The van der Waals surface area contributed by atoms with E-state index in [2.05, 4.69) is 4.98 Å². The van der Waals surface area contributed by atoms with Crippen LogP contribution >= 0.6 is 0 Å². The molecule has 0 saturated carbocycles. The van der Waals surface area contributed by atoms with E-state index in [1.165, 1.54) is 6.08 Å². The number of nitrogens with zero attached hydrogens (tertiary/aromatic N) is 1. The summed E-state index contributed by atoms with van der Waals surface area (Å²) in [5, 5.41) is 8.69. The lowest BCUT2D eigenvalue weighted by Gasteiger charge is -2.04. The summed E-state index contributed by atoms with van der Waals surface area (Å²) < 4.78 is 0. The number of hydrogen-bond acceptors (Lipinski definition) is 2. The molecule has 0 atom stereocenters. The van der Waals surface area contributed by atoms with E-state index >= 15 is 0 Å². The molecule has 2 aromatic rings. The number of rotatable bonds is 3. The van der Waals surface area contributed by atoms with Crippen molar-refractivity contribution in [3.63, 3.8) is 0 Å². The van der Waals surface area contributed by atoms with Gasteiger partial charge in [0.05, 0.1) is 0 Å². The monoisotopic (exact) mass is 239 g/mol. The summed E-state index contributed by atoms with van der Waals surface area (Å²) in [4.78, 5) is 14.6. The molecular formula is C15H13NO2. The topological polar surface area (TPSA) is 50.2 Å². The van der Waals surface area contributed by atoms with Gasteiger partial charge in [-0.2, -0.15) is 0 Å². The molecule has 3 nitrogen and oxygen atoms in total. The van der Waals surface area contributed by atoms with E-state index in [1.807, 2.05) is 36.4 Å². The van der Waals surface area contributed by atoms with Gasteiger partial charge in [0, 0.05) is 18.5 Å². The molecule has 18 heavy (non-hydrogen) atoms. The zero-order valence-electron chi connectivity index (χ0n) is 10.00. The molecule has 0 bridgehead atoms. The molecule has 1 aromatic heterocycles. The Kier molecular flexibility index (Phi) is 3.53. The first kappa shape index (κ1) is 12.0. The second kappa shape index (κ2) is 5.27. The van der Waals surface area contributed by atoms with E-state index in [9.17, 15) is 4.79 Å². The Hall–Kier alpha value is -2.42. The van der Waals surface area contributed by atoms with Gasteiger partial charge in [-0.3, -0.25) is 4.98 Å². The molecule has 0 aliphatic carbocycles. The first-order chi connectivity index (χ1) is 8.66. The number of benzene rings is 1. The number of hydrogen-bond donors (Lipinski definition) is 1. The second-order valence-corrected chi connectivity index (χ2v) is 3.98. The van der Waals surface area contributed by atoms with E-state index in [0.717, 1.165) is 22.3 Å². The molecule has 0 fully saturated rings. The van der Waals surface area contributed by atoms with Crippen LogP contribution in [0, 0.1) is 0 Å². The van der Waals surface area contributed by atoms with Gasteiger partial charge in [-0.1, -0.05) is 24.3 Å². The van der Waals surface area contributed by atoms with E-state index in [4.69, 9.17) is 5.11 Å². The van der Waals surface area contributed by atoms with Crippen molar-refractivity contribution in [2.75, 3.05) is 0 Å². The average molecular weight is 239 g/mol. The van der Waals surface area contributed by atoms with E-state index in [0.29, 0.717) is 0 Å². The number of allylic oxidation sites excluding steroid dienone is 1. The van der Waals surface area contributed by atoms with Crippen molar-refractivity contribution < 1.29 is 9.90 Å². The van der Waals surface area contributed by atoms with Gasteiger partial charge in [0.25, 0.3) is 0 Å². The molecular weight excluding hydrogens is 226 g/mol. The molecule has 1 heterocycles.